The van der Waals surface area contributed by atoms with Gasteiger partial charge in [-0.15, -0.1) is 6.42 Å². The van der Waals surface area contributed by atoms with E-state index in [4.69, 9.17) is 22.8 Å². The summed E-state index contributed by atoms with van der Waals surface area (Å²) in [6.07, 6.45) is 8.80. The topological polar surface area (TPSA) is 29.5 Å². The van der Waals surface area contributed by atoms with Crippen molar-refractivity contribution in [1.82, 2.24) is 4.90 Å². The molecule has 4 heteroatoms. The van der Waals surface area contributed by atoms with Crippen molar-refractivity contribution in [2.45, 2.75) is 31.7 Å². The Hall–Kier alpha value is -2.44. The zero-order valence-corrected chi connectivity index (χ0v) is 15.9. The maximum Gasteiger partial charge on any atom is 0.226 e. The van der Waals surface area contributed by atoms with E-state index in [0.29, 0.717) is 17.2 Å². The number of halogens is 1. The quantitative estimate of drug-likeness (QED) is 0.719. The molecule has 2 atom stereocenters. The fourth-order valence-electron chi connectivity index (χ4n) is 4.36. The van der Waals surface area contributed by atoms with Crippen molar-refractivity contribution in [2.24, 2.45) is 5.92 Å². The van der Waals surface area contributed by atoms with Crippen LogP contribution in [0.3, 0.4) is 0 Å². The van der Waals surface area contributed by atoms with Gasteiger partial charge in [-0.2, -0.15) is 0 Å². The normalized spacial score (nSPS) is 21.2. The molecule has 4 rings (SSSR count). The Morgan fingerprint density at radius 2 is 2.04 bits per heavy atom. The molecule has 0 aromatic heterocycles. The average molecular weight is 380 g/mol. The van der Waals surface area contributed by atoms with Crippen molar-refractivity contribution >= 4 is 17.5 Å². The van der Waals surface area contributed by atoms with Crippen LogP contribution in [0.5, 0.6) is 5.75 Å². The van der Waals surface area contributed by atoms with E-state index in [2.05, 4.69) is 35.1 Å². The number of carbonyl (C=O) groups excluding carboxylic acids is 1. The van der Waals surface area contributed by atoms with Crippen molar-refractivity contribution in [3.05, 3.63) is 64.2 Å². The van der Waals surface area contributed by atoms with Gasteiger partial charge < -0.3 is 9.64 Å². The summed E-state index contributed by atoms with van der Waals surface area (Å²) >= 11 is 6.41. The molecule has 1 saturated heterocycles. The van der Waals surface area contributed by atoms with E-state index in [1.54, 1.807) is 0 Å². The van der Waals surface area contributed by atoms with Gasteiger partial charge in [-0.25, -0.2) is 0 Å². The molecule has 0 N–H and O–H groups in total. The third-order valence-electron chi connectivity index (χ3n) is 5.67. The van der Waals surface area contributed by atoms with Gasteiger partial charge in [0.1, 0.15) is 12.4 Å². The number of ether oxygens (including phenoxy) is 1. The van der Waals surface area contributed by atoms with Crippen LogP contribution in [0.15, 0.2) is 42.5 Å². The van der Waals surface area contributed by atoms with Gasteiger partial charge in [-0.1, -0.05) is 47.9 Å². The molecule has 0 bridgehead atoms. The second-order valence-electron chi connectivity index (χ2n) is 7.18. The Balaban J connectivity index is 1.52. The summed E-state index contributed by atoms with van der Waals surface area (Å²) in [7, 11) is 0. The van der Waals surface area contributed by atoms with E-state index in [9.17, 15) is 4.79 Å². The van der Waals surface area contributed by atoms with Gasteiger partial charge in [0.25, 0.3) is 0 Å². The molecule has 1 heterocycles. The van der Waals surface area contributed by atoms with Gasteiger partial charge in [0.2, 0.25) is 5.91 Å². The first kappa shape index (κ1) is 17.9. The molecule has 0 spiro atoms. The second kappa shape index (κ2) is 7.66. The molecule has 0 radical (unpaired) electrons. The number of fused-ring (bicyclic) bond motifs is 1. The predicted octanol–water partition coefficient (Wildman–Crippen LogP) is 4.43. The number of rotatable bonds is 5. The van der Waals surface area contributed by atoms with Crippen LogP contribution in [-0.4, -0.2) is 24.0 Å². The van der Waals surface area contributed by atoms with Crippen LogP contribution in [0.25, 0.3) is 0 Å². The number of carbonyl (C=O) groups is 1. The monoisotopic (exact) mass is 379 g/mol. The molecular weight excluding hydrogens is 358 g/mol. The molecule has 27 heavy (non-hydrogen) atoms. The Morgan fingerprint density at radius 1 is 1.19 bits per heavy atom. The third kappa shape index (κ3) is 3.42. The van der Waals surface area contributed by atoms with Crippen LogP contribution in [-0.2, 0) is 17.6 Å². The van der Waals surface area contributed by atoms with Gasteiger partial charge in [0, 0.05) is 23.0 Å². The Labute approximate surface area is 165 Å². The Kier molecular flexibility index (Phi) is 5.09. The van der Waals surface area contributed by atoms with E-state index in [-0.39, 0.29) is 24.5 Å². The van der Waals surface area contributed by atoms with Crippen LogP contribution >= 0.6 is 11.6 Å². The predicted molar refractivity (Wildman–Crippen MR) is 107 cm³/mol. The highest BCUT2D eigenvalue weighted by atomic mass is 35.5. The van der Waals surface area contributed by atoms with Crippen LogP contribution in [0, 0.1) is 18.3 Å². The first-order valence-electron chi connectivity index (χ1n) is 9.41. The number of amides is 1. The zero-order chi connectivity index (χ0) is 18.8. The minimum Gasteiger partial charge on any atom is -0.481 e. The second-order valence-corrected chi connectivity index (χ2v) is 7.59. The minimum atomic E-state index is -0.0640. The van der Waals surface area contributed by atoms with Gasteiger partial charge in [-0.3, -0.25) is 4.79 Å². The molecule has 1 amide bonds. The number of hydrogen-bond donors (Lipinski definition) is 0. The number of terminal acetylenes is 1. The summed E-state index contributed by atoms with van der Waals surface area (Å²) in [5.74, 6) is 3.31. The highest BCUT2D eigenvalue weighted by Gasteiger charge is 2.39. The van der Waals surface area contributed by atoms with Crippen LogP contribution in [0.1, 0.15) is 35.6 Å². The minimum absolute atomic E-state index is 0.0640. The third-order valence-corrected chi connectivity index (χ3v) is 6.02. The highest BCUT2D eigenvalue weighted by Crippen LogP contribution is 2.40. The van der Waals surface area contributed by atoms with Crippen molar-refractivity contribution in [2.75, 3.05) is 13.2 Å². The maximum absolute atomic E-state index is 13.2. The standard InChI is InChI=1S/C23H22ClNO2/c1-2-14-27-22-9-5-8-20(24)19(22)15-17-12-13-25(23(17)26)21-11-10-16-6-3-4-7-18(16)21/h1,3-9,17,21H,10-15H2. The maximum atomic E-state index is 13.2. The largest absolute Gasteiger partial charge is 0.481 e. The number of hydrogen-bond acceptors (Lipinski definition) is 2. The van der Waals surface area contributed by atoms with Crippen LogP contribution in [0.4, 0.5) is 0 Å². The molecule has 2 aliphatic rings. The van der Waals surface area contributed by atoms with Gasteiger partial charge in [0.15, 0.2) is 0 Å². The van der Waals surface area contributed by atoms with Crippen molar-refractivity contribution in [1.29, 1.82) is 0 Å². The van der Waals surface area contributed by atoms with Gasteiger partial charge in [-0.05, 0) is 48.9 Å². The summed E-state index contributed by atoms with van der Waals surface area (Å²) in [5.41, 5.74) is 3.55. The molecule has 1 aliphatic carbocycles. The lowest BCUT2D eigenvalue weighted by atomic mass is 9.97. The Bertz CT molecular complexity index is 901. The summed E-state index contributed by atoms with van der Waals surface area (Å²) in [6, 6.07) is 14.2. The zero-order valence-electron chi connectivity index (χ0n) is 15.2. The van der Waals surface area contributed by atoms with Gasteiger partial charge in [0.05, 0.1) is 6.04 Å². The fourth-order valence-corrected chi connectivity index (χ4v) is 4.60. The molecule has 1 aliphatic heterocycles. The van der Waals surface area contributed by atoms with E-state index in [1.807, 2.05) is 18.2 Å². The lowest BCUT2D eigenvalue weighted by molar-refractivity contribution is -0.133. The number of nitrogens with zero attached hydrogens (tertiary/aromatic N) is 1. The first-order valence-corrected chi connectivity index (χ1v) is 9.78. The lowest BCUT2D eigenvalue weighted by Crippen LogP contribution is -2.31. The van der Waals surface area contributed by atoms with Crippen molar-refractivity contribution in [3.63, 3.8) is 0 Å². The lowest BCUT2D eigenvalue weighted by Gasteiger charge is -2.25. The number of aryl methyl sites for hydroxylation is 1. The summed E-state index contributed by atoms with van der Waals surface area (Å²) < 4.78 is 5.64. The smallest absolute Gasteiger partial charge is 0.226 e. The SMILES string of the molecule is C#CCOc1cccc(Cl)c1CC1CCN(C2CCc3ccccc32)C1=O. The first-order chi connectivity index (χ1) is 13.2. The van der Waals surface area contributed by atoms with Crippen LogP contribution < -0.4 is 4.74 Å². The molecule has 3 nitrogen and oxygen atoms in total. The fraction of sp³-hybridized carbons (Fsp3) is 0.348. The molecule has 0 saturated carbocycles. The Morgan fingerprint density at radius 3 is 2.89 bits per heavy atom. The summed E-state index contributed by atoms with van der Waals surface area (Å²) in [5, 5.41) is 0.627. The van der Waals surface area contributed by atoms with E-state index in [1.165, 1.54) is 11.1 Å². The summed E-state index contributed by atoms with van der Waals surface area (Å²) in [6.45, 7) is 0.991. The number of likely N-dealkylation sites (tertiary alicyclic amines) is 1. The van der Waals surface area contributed by atoms with E-state index >= 15 is 0 Å². The van der Waals surface area contributed by atoms with Gasteiger partial charge >= 0.3 is 0 Å². The highest BCUT2D eigenvalue weighted by molar-refractivity contribution is 6.31. The van der Waals surface area contributed by atoms with E-state index in [0.717, 1.165) is 31.4 Å². The molecule has 2 aromatic rings. The molecule has 1 fully saturated rings. The van der Waals surface area contributed by atoms with E-state index < -0.39 is 0 Å². The summed E-state index contributed by atoms with van der Waals surface area (Å²) in [4.78, 5) is 15.2. The van der Waals surface area contributed by atoms with Crippen molar-refractivity contribution in [3.8, 4) is 18.1 Å². The molecule has 2 aromatic carbocycles. The van der Waals surface area contributed by atoms with Crippen molar-refractivity contribution < 1.29 is 9.53 Å². The molecule has 138 valence electrons. The molecule has 2 unspecified atom stereocenters. The van der Waals surface area contributed by atoms with Crippen LogP contribution in [0.2, 0.25) is 5.02 Å². The molecular formula is C23H22ClNO2. The number of benzene rings is 2. The average Bonchev–Trinajstić information content (AvgIpc) is 3.26.